The van der Waals surface area contributed by atoms with Crippen molar-refractivity contribution in [3.05, 3.63) is 0 Å². The summed E-state index contributed by atoms with van der Waals surface area (Å²) in [7, 11) is 1.50. The van der Waals surface area contributed by atoms with Gasteiger partial charge in [0.05, 0.1) is 12.7 Å². The molecule has 0 aliphatic carbocycles. The maximum atomic E-state index is 5.97. The quantitative estimate of drug-likeness (QED) is 0.0711. The van der Waals surface area contributed by atoms with Gasteiger partial charge in [-0.25, -0.2) is 0 Å². The highest BCUT2D eigenvalue weighted by Gasteiger charge is 2.02. The van der Waals surface area contributed by atoms with Crippen LogP contribution in [0.3, 0.4) is 0 Å². The molecule has 0 aromatic carbocycles. The number of ether oxygens (including phenoxy) is 2. The Morgan fingerprint density at radius 2 is 0.581 bits per heavy atom. The van der Waals surface area contributed by atoms with Crippen molar-refractivity contribution in [3.63, 3.8) is 0 Å². The van der Waals surface area contributed by atoms with Gasteiger partial charge < -0.3 is 15.2 Å². The third kappa shape index (κ3) is 44.1. The molecule has 3 heteroatoms. The van der Waals surface area contributed by atoms with Crippen molar-refractivity contribution in [2.45, 2.75) is 232 Å². The molecule has 3 nitrogen and oxygen atoms in total. The summed E-state index contributed by atoms with van der Waals surface area (Å²) in [6, 6.07) is 0. The van der Waals surface area contributed by atoms with Crippen LogP contribution in [0.15, 0.2) is 0 Å². The lowest BCUT2D eigenvalue weighted by molar-refractivity contribution is -0.00869. The third-order valence-electron chi connectivity index (χ3n) is 8.90. The highest BCUT2D eigenvalue weighted by Crippen LogP contribution is 2.15. The van der Waals surface area contributed by atoms with Gasteiger partial charge in [-0.2, -0.15) is 0 Å². The molecule has 2 N–H and O–H groups in total. The largest absolute Gasteiger partial charge is 0.379 e. The molecule has 0 spiro atoms. The Morgan fingerprint density at radius 1 is 0.349 bits per heavy atom. The molecule has 0 rings (SSSR count). The van der Waals surface area contributed by atoms with Crippen molar-refractivity contribution in [2.75, 3.05) is 26.9 Å². The summed E-state index contributed by atoms with van der Waals surface area (Å²) in [4.78, 5) is 0. The second-order valence-corrected chi connectivity index (χ2v) is 13.4. The Bertz CT molecular complexity index is 444. The molecular weight excluding hydrogens is 526 g/mol. The fourth-order valence-electron chi connectivity index (χ4n) is 5.98. The van der Waals surface area contributed by atoms with Gasteiger partial charge in [0.15, 0.2) is 0 Å². The Hall–Kier alpha value is -0.120. The van der Waals surface area contributed by atoms with Crippen LogP contribution < -0.4 is 5.73 Å². The lowest BCUT2D eigenvalue weighted by Crippen LogP contribution is -2.17. The van der Waals surface area contributed by atoms with Crippen LogP contribution in [0.25, 0.3) is 0 Å². The second-order valence-electron chi connectivity index (χ2n) is 13.4. The molecule has 0 saturated carbocycles. The zero-order chi connectivity index (χ0) is 31.7. The lowest BCUT2D eigenvalue weighted by Gasteiger charge is -2.13. The van der Waals surface area contributed by atoms with Gasteiger partial charge in [-0.15, -0.1) is 0 Å². The summed E-state index contributed by atoms with van der Waals surface area (Å²) in [5, 5.41) is 0. The Kier molecular flexibility index (Phi) is 46.1. The molecule has 43 heavy (non-hydrogen) atoms. The predicted octanol–water partition coefficient (Wildman–Crippen LogP) is 13.5. The Labute approximate surface area is 274 Å². The van der Waals surface area contributed by atoms with Crippen molar-refractivity contribution >= 4 is 0 Å². The van der Waals surface area contributed by atoms with E-state index in [0.717, 1.165) is 19.8 Å². The van der Waals surface area contributed by atoms with Crippen LogP contribution in [0.4, 0.5) is 0 Å². The average Bonchev–Trinajstić information content (AvgIpc) is 3.03. The first-order valence-electron chi connectivity index (χ1n) is 20.1. The molecular formula is C40H85NO2. The Balaban J connectivity index is 0. The zero-order valence-electron chi connectivity index (χ0n) is 30.7. The van der Waals surface area contributed by atoms with Gasteiger partial charge in [-0.3, -0.25) is 0 Å². The molecule has 1 unspecified atom stereocenters. The van der Waals surface area contributed by atoms with Crippen molar-refractivity contribution in [2.24, 2.45) is 5.73 Å². The van der Waals surface area contributed by atoms with Crippen LogP contribution in [0.5, 0.6) is 0 Å². The SMILES string of the molecule is CCCCCCCCCCCCCCCCCCOCC(C)OCCCCCCCCCCCCCCCCCC.CN. The molecule has 0 fully saturated rings. The summed E-state index contributed by atoms with van der Waals surface area (Å²) in [5.41, 5.74) is 4.50. The standard InChI is InChI=1S/C39H80O2.CH5N/c1-4-6-8-10-12-14-16-18-20-22-24-26-28-30-32-34-36-40-38-39(3)41-37-35-33-31-29-27-25-23-21-19-17-15-13-11-9-7-5-2;1-2/h39H,4-38H2,1-3H3;2H2,1H3. The van der Waals surface area contributed by atoms with Crippen LogP contribution in [0.1, 0.15) is 226 Å². The fraction of sp³-hybridized carbons (Fsp3) is 1.00. The first-order chi connectivity index (χ1) is 21.3. The summed E-state index contributed by atoms with van der Waals surface area (Å²) in [6.07, 6.45) is 45.6. The molecule has 0 aromatic heterocycles. The number of rotatable bonds is 37. The smallest absolute Gasteiger partial charge is 0.0780 e. The second kappa shape index (κ2) is 44.0. The highest BCUT2D eigenvalue weighted by molar-refractivity contribution is 4.53. The molecule has 0 bridgehead atoms. The predicted molar refractivity (Wildman–Crippen MR) is 195 cm³/mol. The molecule has 262 valence electrons. The van der Waals surface area contributed by atoms with E-state index in [1.165, 1.54) is 213 Å². The molecule has 0 radical (unpaired) electrons. The average molecular weight is 612 g/mol. The van der Waals surface area contributed by atoms with Crippen LogP contribution >= 0.6 is 0 Å². The van der Waals surface area contributed by atoms with Gasteiger partial charge in [0.1, 0.15) is 0 Å². The van der Waals surface area contributed by atoms with E-state index in [-0.39, 0.29) is 6.10 Å². The minimum Gasteiger partial charge on any atom is -0.379 e. The lowest BCUT2D eigenvalue weighted by atomic mass is 10.0. The topological polar surface area (TPSA) is 44.5 Å². The fourth-order valence-corrected chi connectivity index (χ4v) is 5.98. The van der Waals surface area contributed by atoms with E-state index in [1.54, 1.807) is 0 Å². The molecule has 0 heterocycles. The van der Waals surface area contributed by atoms with E-state index >= 15 is 0 Å². The van der Waals surface area contributed by atoms with E-state index in [1.807, 2.05) is 0 Å². The van der Waals surface area contributed by atoms with E-state index in [2.05, 4.69) is 26.5 Å². The number of hydrogen-bond donors (Lipinski definition) is 1. The number of nitrogens with two attached hydrogens (primary N) is 1. The van der Waals surface area contributed by atoms with E-state index in [0.29, 0.717) is 0 Å². The van der Waals surface area contributed by atoms with Gasteiger partial charge >= 0.3 is 0 Å². The van der Waals surface area contributed by atoms with Crippen LogP contribution in [-0.4, -0.2) is 33.0 Å². The first-order valence-corrected chi connectivity index (χ1v) is 20.1. The minimum absolute atomic E-state index is 0.243. The summed E-state index contributed by atoms with van der Waals surface area (Å²) in [6.45, 7) is 9.34. The Morgan fingerprint density at radius 3 is 0.860 bits per heavy atom. The van der Waals surface area contributed by atoms with Crippen LogP contribution in [0.2, 0.25) is 0 Å². The summed E-state index contributed by atoms with van der Waals surface area (Å²) < 4.78 is 11.8. The third-order valence-corrected chi connectivity index (χ3v) is 8.90. The van der Waals surface area contributed by atoms with Gasteiger partial charge in [0, 0.05) is 13.2 Å². The first kappa shape index (κ1) is 45.0. The zero-order valence-corrected chi connectivity index (χ0v) is 30.7. The maximum Gasteiger partial charge on any atom is 0.0780 e. The normalized spacial score (nSPS) is 11.9. The van der Waals surface area contributed by atoms with Crippen molar-refractivity contribution in [1.29, 1.82) is 0 Å². The van der Waals surface area contributed by atoms with Crippen molar-refractivity contribution in [1.82, 2.24) is 0 Å². The summed E-state index contributed by atoms with van der Waals surface area (Å²) in [5.74, 6) is 0. The van der Waals surface area contributed by atoms with Crippen LogP contribution in [0, 0.1) is 0 Å². The van der Waals surface area contributed by atoms with Crippen molar-refractivity contribution < 1.29 is 9.47 Å². The molecule has 0 aliphatic heterocycles. The maximum absolute atomic E-state index is 5.97. The monoisotopic (exact) mass is 612 g/mol. The highest BCUT2D eigenvalue weighted by atomic mass is 16.5. The molecule has 0 amide bonds. The number of unbranched alkanes of at least 4 members (excludes halogenated alkanes) is 30. The summed E-state index contributed by atoms with van der Waals surface area (Å²) >= 11 is 0. The van der Waals surface area contributed by atoms with Gasteiger partial charge in [-0.1, -0.05) is 206 Å². The minimum atomic E-state index is 0.243. The van der Waals surface area contributed by atoms with E-state index in [4.69, 9.17) is 9.47 Å². The van der Waals surface area contributed by atoms with Gasteiger partial charge in [-0.05, 0) is 26.8 Å². The van der Waals surface area contributed by atoms with Gasteiger partial charge in [0.25, 0.3) is 0 Å². The van der Waals surface area contributed by atoms with E-state index < -0.39 is 0 Å². The molecule has 1 atom stereocenters. The van der Waals surface area contributed by atoms with Crippen LogP contribution in [-0.2, 0) is 9.47 Å². The number of hydrogen-bond acceptors (Lipinski definition) is 3. The van der Waals surface area contributed by atoms with Crippen molar-refractivity contribution in [3.8, 4) is 0 Å². The van der Waals surface area contributed by atoms with Gasteiger partial charge in [0.2, 0.25) is 0 Å². The molecule has 0 aromatic rings. The molecule has 0 aliphatic rings. The van der Waals surface area contributed by atoms with E-state index in [9.17, 15) is 0 Å². The molecule has 0 saturated heterocycles.